The number of anilines is 1. The number of hydrogen-bond donors (Lipinski definition) is 1. The van der Waals surface area contributed by atoms with E-state index in [1.165, 1.54) is 30.5 Å². The number of likely N-dealkylation sites (N-methyl/N-ethyl adjacent to an activating group) is 1. The fraction of sp³-hybridized carbons (Fsp3) is 0.176. The van der Waals surface area contributed by atoms with Gasteiger partial charge in [-0.2, -0.15) is 4.31 Å². The summed E-state index contributed by atoms with van der Waals surface area (Å²) in [5, 5.41) is 4.79. The first-order valence-corrected chi connectivity index (χ1v) is 11.7. The number of benzene rings is 1. The number of hydrogen-bond acceptors (Lipinski definition) is 8. The van der Waals surface area contributed by atoms with Crippen LogP contribution in [0.25, 0.3) is 11.3 Å². The van der Waals surface area contributed by atoms with Gasteiger partial charge in [0, 0.05) is 18.0 Å². The van der Waals surface area contributed by atoms with E-state index in [4.69, 9.17) is 21.1 Å². The molecule has 0 saturated heterocycles. The van der Waals surface area contributed by atoms with Crippen molar-refractivity contribution in [2.24, 2.45) is 0 Å². The highest BCUT2D eigenvalue weighted by Crippen LogP contribution is 2.36. The molecule has 152 valence electrons. The van der Waals surface area contributed by atoms with Crippen LogP contribution in [0.3, 0.4) is 0 Å². The molecule has 0 spiro atoms. The minimum Gasteiger partial charge on any atom is -0.454 e. The number of carbonyl (C=O) groups excluding carboxylic acids is 1. The molecule has 3 heterocycles. The summed E-state index contributed by atoms with van der Waals surface area (Å²) in [7, 11) is -2.45. The van der Waals surface area contributed by atoms with E-state index in [2.05, 4.69) is 10.3 Å². The molecule has 1 amide bonds. The van der Waals surface area contributed by atoms with Gasteiger partial charge >= 0.3 is 0 Å². The van der Waals surface area contributed by atoms with Gasteiger partial charge in [0.05, 0.1) is 16.6 Å². The van der Waals surface area contributed by atoms with Crippen molar-refractivity contribution in [3.8, 4) is 22.8 Å². The summed E-state index contributed by atoms with van der Waals surface area (Å²) in [6, 6.07) is 8.37. The zero-order valence-electron chi connectivity index (χ0n) is 14.9. The van der Waals surface area contributed by atoms with E-state index in [9.17, 15) is 13.2 Å². The highest BCUT2D eigenvalue weighted by molar-refractivity contribution is 7.91. The Bertz CT molecular complexity index is 1170. The second-order valence-electron chi connectivity index (χ2n) is 5.97. The third-order valence-electron chi connectivity index (χ3n) is 4.00. The molecule has 0 aliphatic carbocycles. The number of carbonyl (C=O) groups is 1. The van der Waals surface area contributed by atoms with Crippen molar-refractivity contribution in [1.29, 1.82) is 0 Å². The zero-order valence-corrected chi connectivity index (χ0v) is 18.1. The van der Waals surface area contributed by atoms with Gasteiger partial charge in [0.2, 0.25) is 12.7 Å². The quantitative estimate of drug-likeness (QED) is 0.590. The standard InChI is InChI=1S/C17H14ClN3O5S3/c1-21(29(23,24)16-5-4-14(18)28-16)7-15(22)20-17-19-11(8-27-17)10-2-3-12-13(6-10)26-9-25-12/h2-6,8H,7,9H2,1H3,(H,19,20,22). The SMILES string of the molecule is CN(CC(=O)Nc1nc(-c2ccc3c(c2)OCO3)cs1)S(=O)(=O)c1ccc(Cl)s1. The Morgan fingerprint density at radius 3 is 2.83 bits per heavy atom. The Hall–Kier alpha value is -2.18. The Balaban J connectivity index is 1.41. The van der Waals surface area contributed by atoms with Gasteiger partial charge in [0.15, 0.2) is 16.6 Å². The lowest BCUT2D eigenvalue weighted by Gasteiger charge is -2.15. The van der Waals surface area contributed by atoms with Crippen LogP contribution in [0.2, 0.25) is 4.34 Å². The predicted molar refractivity (Wildman–Crippen MR) is 111 cm³/mol. The number of amides is 1. The van der Waals surface area contributed by atoms with E-state index >= 15 is 0 Å². The van der Waals surface area contributed by atoms with Gasteiger partial charge in [0.1, 0.15) is 4.21 Å². The fourth-order valence-corrected chi connectivity index (χ4v) is 6.11. The van der Waals surface area contributed by atoms with Crippen molar-refractivity contribution in [3.63, 3.8) is 0 Å². The first-order valence-electron chi connectivity index (χ1n) is 8.20. The summed E-state index contributed by atoms with van der Waals surface area (Å²) >= 11 is 7.98. The Kier molecular flexibility index (Phi) is 5.49. The normalized spacial score (nSPS) is 13.1. The molecule has 0 saturated carbocycles. The van der Waals surface area contributed by atoms with Crippen LogP contribution in [0.4, 0.5) is 5.13 Å². The topological polar surface area (TPSA) is 97.8 Å². The first kappa shape index (κ1) is 20.1. The summed E-state index contributed by atoms with van der Waals surface area (Å²) in [5.74, 6) is 0.820. The molecular formula is C17H14ClN3O5S3. The third kappa shape index (κ3) is 4.23. The van der Waals surface area contributed by atoms with Crippen LogP contribution in [-0.4, -0.2) is 44.0 Å². The average Bonchev–Trinajstić information content (AvgIpc) is 3.41. The fourth-order valence-electron chi connectivity index (χ4n) is 2.56. The van der Waals surface area contributed by atoms with E-state index < -0.39 is 15.9 Å². The van der Waals surface area contributed by atoms with Crippen LogP contribution >= 0.6 is 34.3 Å². The van der Waals surface area contributed by atoms with Crippen molar-refractivity contribution in [3.05, 3.63) is 40.0 Å². The number of aromatic nitrogens is 1. The van der Waals surface area contributed by atoms with E-state index in [1.54, 1.807) is 11.4 Å². The molecule has 0 fully saturated rings. The Morgan fingerprint density at radius 1 is 1.28 bits per heavy atom. The monoisotopic (exact) mass is 471 g/mol. The number of ether oxygens (including phenoxy) is 2. The third-order valence-corrected chi connectivity index (χ3v) is 8.26. The number of thiazole rings is 1. The molecule has 0 bridgehead atoms. The smallest absolute Gasteiger partial charge is 0.252 e. The van der Waals surface area contributed by atoms with Crippen molar-refractivity contribution in [1.82, 2.24) is 9.29 Å². The maximum atomic E-state index is 12.5. The largest absolute Gasteiger partial charge is 0.454 e. The van der Waals surface area contributed by atoms with Crippen molar-refractivity contribution in [2.45, 2.75) is 4.21 Å². The Morgan fingerprint density at radius 2 is 2.07 bits per heavy atom. The van der Waals surface area contributed by atoms with Crippen LogP contribution in [0.5, 0.6) is 11.5 Å². The van der Waals surface area contributed by atoms with Crippen LogP contribution in [0.1, 0.15) is 0 Å². The molecular weight excluding hydrogens is 458 g/mol. The molecule has 0 radical (unpaired) electrons. The minimum atomic E-state index is -3.79. The van der Waals surface area contributed by atoms with E-state index in [0.717, 1.165) is 21.2 Å². The molecule has 2 aromatic heterocycles. The summed E-state index contributed by atoms with van der Waals surface area (Å²) in [4.78, 5) is 16.7. The number of nitrogens with zero attached hydrogens (tertiary/aromatic N) is 2. The predicted octanol–water partition coefficient (Wildman–Crippen LogP) is 3.51. The lowest BCUT2D eigenvalue weighted by Crippen LogP contribution is -2.34. The minimum absolute atomic E-state index is 0.0807. The number of rotatable bonds is 6. The molecule has 3 aromatic rings. The second kappa shape index (κ2) is 7.92. The van der Waals surface area contributed by atoms with E-state index in [1.807, 2.05) is 12.1 Å². The zero-order chi connectivity index (χ0) is 20.6. The van der Waals surface area contributed by atoms with Crippen LogP contribution in [0, 0.1) is 0 Å². The lowest BCUT2D eigenvalue weighted by atomic mass is 10.1. The molecule has 8 nitrogen and oxygen atoms in total. The molecule has 12 heteroatoms. The number of nitrogens with one attached hydrogen (secondary N) is 1. The number of halogens is 1. The summed E-state index contributed by atoms with van der Waals surface area (Å²) < 4.78 is 37.0. The van der Waals surface area contributed by atoms with Gasteiger partial charge < -0.3 is 14.8 Å². The summed E-state index contributed by atoms with van der Waals surface area (Å²) in [6.45, 7) is -0.165. The highest BCUT2D eigenvalue weighted by atomic mass is 35.5. The number of fused-ring (bicyclic) bond motifs is 1. The first-order chi connectivity index (χ1) is 13.8. The van der Waals surface area contributed by atoms with Crippen molar-refractivity contribution in [2.75, 3.05) is 25.7 Å². The summed E-state index contributed by atoms with van der Waals surface area (Å²) in [6.07, 6.45) is 0. The molecule has 0 unspecified atom stereocenters. The van der Waals surface area contributed by atoms with Crippen LogP contribution in [0.15, 0.2) is 39.9 Å². The molecule has 1 aliphatic rings. The maximum Gasteiger partial charge on any atom is 0.252 e. The average molecular weight is 472 g/mol. The Labute approximate surface area is 179 Å². The van der Waals surface area contributed by atoms with Gasteiger partial charge in [0.25, 0.3) is 10.0 Å². The lowest BCUT2D eigenvalue weighted by molar-refractivity contribution is -0.116. The van der Waals surface area contributed by atoms with Gasteiger partial charge in [-0.3, -0.25) is 4.79 Å². The van der Waals surface area contributed by atoms with Crippen LogP contribution < -0.4 is 14.8 Å². The van der Waals surface area contributed by atoms with E-state index in [-0.39, 0.29) is 17.5 Å². The molecule has 4 rings (SSSR count). The van der Waals surface area contributed by atoms with Crippen molar-refractivity contribution < 1.29 is 22.7 Å². The molecule has 29 heavy (non-hydrogen) atoms. The van der Waals surface area contributed by atoms with Gasteiger partial charge in [-0.05, 0) is 30.3 Å². The number of thiophene rings is 1. The molecule has 1 aromatic carbocycles. The maximum absolute atomic E-state index is 12.5. The van der Waals surface area contributed by atoms with E-state index in [0.29, 0.717) is 26.7 Å². The van der Waals surface area contributed by atoms with Crippen molar-refractivity contribution >= 4 is 55.3 Å². The molecule has 1 aliphatic heterocycles. The number of sulfonamides is 1. The van der Waals surface area contributed by atoms with Gasteiger partial charge in [-0.15, -0.1) is 22.7 Å². The summed E-state index contributed by atoms with van der Waals surface area (Å²) in [5.41, 5.74) is 1.48. The van der Waals surface area contributed by atoms with Crippen LogP contribution in [-0.2, 0) is 14.8 Å². The molecule has 0 atom stereocenters. The second-order valence-corrected chi connectivity index (χ2v) is 10.8. The molecule has 1 N–H and O–H groups in total. The highest BCUT2D eigenvalue weighted by Gasteiger charge is 2.25. The van der Waals surface area contributed by atoms with Gasteiger partial charge in [-0.25, -0.2) is 13.4 Å². The van der Waals surface area contributed by atoms with Gasteiger partial charge in [-0.1, -0.05) is 11.6 Å².